The molecule has 0 aliphatic heterocycles. The monoisotopic (exact) mass is 714 g/mol. The highest BCUT2D eigenvalue weighted by atomic mass is 31.2. The Morgan fingerprint density at radius 1 is 0.612 bits per heavy atom. The van der Waals surface area contributed by atoms with Crippen LogP contribution in [-0.4, -0.2) is 65.7 Å². The third kappa shape index (κ3) is 34.2. The predicted molar refractivity (Wildman–Crippen MR) is 196 cm³/mol. The molecule has 0 aromatic rings. The van der Waals surface area contributed by atoms with E-state index in [9.17, 15) is 24.2 Å². The van der Waals surface area contributed by atoms with Gasteiger partial charge in [-0.25, -0.2) is 4.57 Å². The smallest absolute Gasteiger partial charge is 0.462 e. The molecule has 3 atom stereocenters. The second kappa shape index (κ2) is 34.4. The van der Waals surface area contributed by atoms with Crippen LogP contribution in [0.1, 0.15) is 142 Å². The second-order valence-electron chi connectivity index (χ2n) is 12.2. The van der Waals surface area contributed by atoms with Crippen molar-refractivity contribution in [1.29, 1.82) is 0 Å². The summed E-state index contributed by atoms with van der Waals surface area (Å²) in [6.45, 7) is 2.22. The average molecular weight is 715 g/mol. The normalized spacial score (nSPS) is 14.6. The van der Waals surface area contributed by atoms with Crippen LogP contribution in [0.25, 0.3) is 0 Å². The lowest BCUT2D eigenvalue weighted by Crippen LogP contribution is -2.29. The largest absolute Gasteiger partial charge is 0.472 e. The van der Waals surface area contributed by atoms with Gasteiger partial charge in [-0.05, 0) is 70.6 Å². The van der Waals surface area contributed by atoms with Gasteiger partial charge in [-0.2, -0.15) is 0 Å². The van der Waals surface area contributed by atoms with E-state index in [0.717, 1.165) is 70.6 Å². The number of ether oxygens (including phenoxy) is 2. The number of phosphoric acid groups is 1. The summed E-state index contributed by atoms with van der Waals surface area (Å²) in [5, 5.41) is 18.2. The number of rotatable bonds is 34. The van der Waals surface area contributed by atoms with Gasteiger partial charge in [-0.3, -0.25) is 18.6 Å². The molecule has 0 heterocycles. The van der Waals surface area contributed by atoms with Crippen LogP contribution in [0.5, 0.6) is 0 Å². The van der Waals surface area contributed by atoms with Crippen molar-refractivity contribution in [2.24, 2.45) is 0 Å². The van der Waals surface area contributed by atoms with Crippen molar-refractivity contribution in [3.8, 4) is 0 Å². The third-order valence-corrected chi connectivity index (χ3v) is 8.41. The fraction of sp³-hybridized carbons (Fsp3) is 0.737. The maximum Gasteiger partial charge on any atom is 0.472 e. The van der Waals surface area contributed by atoms with Gasteiger partial charge < -0.3 is 24.6 Å². The number of phosphoric ester groups is 1. The number of esters is 2. The molecule has 10 nitrogen and oxygen atoms in total. The summed E-state index contributed by atoms with van der Waals surface area (Å²) >= 11 is 0. The Balaban J connectivity index is 4.47. The van der Waals surface area contributed by atoms with Crippen molar-refractivity contribution < 1.29 is 47.8 Å². The van der Waals surface area contributed by atoms with Gasteiger partial charge in [-0.1, -0.05) is 107 Å². The lowest BCUT2D eigenvalue weighted by Gasteiger charge is -2.20. The van der Waals surface area contributed by atoms with Crippen LogP contribution in [0.4, 0.5) is 0 Å². The molecule has 0 saturated carbocycles. The minimum Gasteiger partial charge on any atom is -0.462 e. The Morgan fingerprint density at radius 2 is 1.08 bits per heavy atom. The number of hydrogen-bond acceptors (Lipinski definition) is 9. The molecule has 49 heavy (non-hydrogen) atoms. The Morgan fingerprint density at radius 3 is 1.71 bits per heavy atom. The van der Waals surface area contributed by atoms with Crippen molar-refractivity contribution in [3.05, 3.63) is 48.6 Å². The summed E-state index contributed by atoms with van der Waals surface area (Å²) in [5.74, 6) is -0.987. The lowest BCUT2D eigenvalue weighted by molar-refractivity contribution is -0.161. The van der Waals surface area contributed by atoms with Gasteiger partial charge in [0.15, 0.2) is 6.10 Å². The van der Waals surface area contributed by atoms with Gasteiger partial charge in [0.2, 0.25) is 0 Å². The van der Waals surface area contributed by atoms with E-state index in [4.69, 9.17) is 19.1 Å². The first kappa shape index (κ1) is 46.9. The van der Waals surface area contributed by atoms with Crippen molar-refractivity contribution in [2.45, 2.75) is 154 Å². The van der Waals surface area contributed by atoms with E-state index in [-0.39, 0.29) is 19.4 Å². The molecule has 11 heteroatoms. The summed E-state index contributed by atoms with van der Waals surface area (Å²) in [7, 11) is -4.62. The topological polar surface area (TPSA) is 149 Å². The van der Waals surface area contributed by atoms with E-state index < -0.39 is 51.8 Å². The molecule has 0 spiro atoms. The zero-order chi connectivity index (χ0) is 36.3. The molecule has 0 aromatic heterocycles. The minimum atomic E-state index is -4.62. The highest BCUT2D eigenvalue weighted by Gasteiger charge is 2.27. The Hall–Kier alpha value is -2.07. The van der Waals surface area contributed by atoms with Crippen LogP contribution < -0.4 is 0 Å². The zero-order valence-corrected chi connectivity index (χ0v) is 31.3. The van der Waals surface area contributed by atoms with E-state index in [1.807, 2.05) is 0 Å². The van der Waals surface area contributed by atoms with E-state index >= 15 is 0 Å². The molecule has 0 fully saturated rings. The molecule has 1 unspecified atom stereocenters. The summed E-state index contributed by atoms with van der Waals surface area (Å²) in [4.78, 5) is 34.7. The molecular formula is C38H67O10P. The minimum absolute atomic E-state index is 0.164. The number of carbonyl (C=O) groups is 2. The number of aliphatic hydroxyl groups excluding tert-OH is 2. The highest BCUT2D eigenvalue weighted by molar-refractivity contribution is 7.47. The predicted octanol–water partition coefficient (Wildman–Crippen LogP) is 8.99. The fourth-order valence-electron chi connectivity index (χ4n) is 4.51. The number of aliphatic hydroxyl groups is 2. The Labute approximate surface area is 296 Å². The van der Waals surface area contributed by atoms with Gasteiger partial charge in [0.05, 0.1) is 19.8 Å². The first-order valence-corrected chi connectivity index (χ1v) is 20.1. The molecule has 0 aliphatic rings. The van der Waals surface area contributed by atoms with Gasteiger partial charge in [-0.15, -0.1) is 0 Å². The van der Waals surface area contributed by atoms with E-state index in [1.165, 1.54) is 32.1 Å². The Bertz CT molecular complexity index is 962. The molecule has 0 aliphatic carbocycles. The molecule has 0 bridgehead atoms. The highest BCUT2D eigenvalue weighted by Crippen LogP contribution is 2.43. The van der Waals surface area contributed by atoms with Gasteiger partial charge in [0.1, 0.15) is 12.7 Å². The maximum absolute atomic E-state index is 12.5. The molecule has 3 N–H and O–H groups in total. The molecule has 0 saturated heterocycles. The van der Waals surface area contributed by atoms with Crippen LogP contribution >= 0.6 is 7.82 Å². The summed E-state index contributed by atoms with van der Waals surface area (Å²) in [6.07, 6.45) is 33.7. The van der Waals surface area contributed by atoms with Crippen LogP contribution in [0.3, 0.4) is 0 Å². The van der Waals surface area contributed by atoms with E-state index in [2.05, 4.69) is 67.0 Å². The SMILES string of the molecule is CCCC/C=C\CCCCCCCC(=O)O[C@H](COC(=O)CCCC/C=C\C/C=C\C/C=C\CCCCC)COP(=O)(O)OC[C@@H](O)CO. The number of carbonyl (C=O) groups excluding carboxylic acids is 2. The van der Waals surface area contributed by atoms with Crippen molar-refractivity contribution >= 4 is 19.8 Å². The van der Waals surface area contributed by atoms with Crippen molar-refractivity contribution in [3.63, 3.8) is 0 Å². The van der Waals surface area contributed by atoms with Gasteiger partial charge in [0, 0.05) is 12.8 Å². The van der Waals surface area contributed by atoms with Crippen LogP contribution in [0, 0.1) is 0 Å². The van der Waals surface area contributed by atoms with E-state index in [0.29, 0.717) is 12.8 Å². The molecule has 0 amide bonds. The first-order chi connectivity index (χ1) is 23.7. The second-order valence-corrected chi connectivity index (χ2v) is 13.7. The summed E-state index contributed by atoms with van der Waals surface area (Å²) < 4.78 is 32.5. The van der Waals surface area contributed by atoms with Crippen LogP contribution in [-0.2, 0) is 32.7 Å². The van der Waals surface area contributed by atoms with Crippen molar-refractivity contribution in [1.82, 2.24) is 0 Å². The summed E-state index contributed by atoms with van der Waals surface area (Å²) in [5.41, 5.74) is 0. The average Bonchev–Trinajstić information content (AvgIpc) is 3.09. The third-order valence-electron chi connectivity index (χ3n) is 7.46. The fourth-order valence-corrected chi connectivity index (χ4v) is 5.30. The number of hydrogen-bond donors (Lipinski definition) is 3. The van der Waals surface area contributed by atoms with E-state index in [1.54, 1.807) is 0 Å². The van der Waals surface area contributed by atoms with Crippen LogP contribution in [0.2, 0.25) is 0 Å². The molecular weight excluding hydrogens is 647 g/mol. The lowest BCUT2D eigenvalue weighted by atomic mass is 10.1. The van der Waals surface area contributed by atoms with Crippen LogP contribution in [0.15, 0.2) is 48.6 Å². The van der Waals surface area contributed by atoms with Crippen molar-refractivity contribution in [2.75, 3.05) is 26.4 Å². The molecule has 284 valence electrons. The zero-order valence-electron chi connectivity index (χ0n) is 30.4. The first-order valence-electron chi connectivity index (χ1n) is 18.6. The number of unbranched alkanes of at least 4 members (excludes halogenated alkanes) is 12. The molecule has 0 radical (unpaired) electrons. The van der Waals surface area contributed by atoms with Gasteiger partial charge >= 0.3 is 19.8 Å². The maximum atomic E-state index is 12.5. The Kier molecular flexibility index (Phi) is 32.9. The van der Waals surface area contributed by atoms with Gasteiger partial charge in [0.25, 0.3) is 0 Å². The summed E-state index contributed by atoms with van der Waals surface area (Å²) in [6, 6.07) is 0. The molecule has 0 aromatic carbocycles. The quantitative estimate of drug-likeness (QED) is 0.0255. The molecule has 0 rings (SSSR count). The standard InChI is InChI=1S/C38H67O10P/c1-3-5-7-9-11-13-15-16-17-18-20-21-23-25-27-29-37(41)45-33-36(34-47-49(43,44)46-32-35(40)31-39)48-38(42)30-28-26-24-22-19-14-12-10-8-6-4-2/h10-13,16-17,20-21,35-36,39-40H,3-9,14-15,18-19,22-34H2,1-2H3,(H,43,44)/b12-10-,13-11-,17-16-,21-20-/t35-,36+/m0/s1. The number of allylic oxidation sites excluding steroid dienone is 8.